The number of hydrogen-bond acceptors (Lipinski definition) is 2. The monoisotopic (exact) mass is 819 g/mol. The molecule has 0 amide bonds. The van der Waals surface area contributed by atoms with Crippen LogP contribution in [0.4, 0.5) is 0 Å². The summed E-state index contributed by atoms with van der Waals surface area (Å²) in [6, 6.07) is 33.9. The number of benzene rings is 4. The zero-order chi connectivity index (χ0) is 42.7. The highest BCUT2D eigenvalue weighted by atomic mass is 16.5. The van der Waals surface area contributed by atoms with E-state index in [0.29, 0.717) is 25.0 Å². The van der Waals surface area contributed by atoms with Gasteiger partial charge in [0, 0.05) is 23.0 Å². The van der Waals surface area contributed by atoms with Crippen molar-refractivity contribution >= 4 is 0 Å². The Morgan fingerprint density at radius 1 is 0.377 bits per heavy atom. The molecule has 2 aliphatic rings. The van der Waals surface area contributed by atoms with E-state index in [4.69, 9.17) is 9.47 Å². The summed E-state index contributed by atoms with van der Waals surface area (Å²) in [4.78, 5) is 0. The van der Waals surface area contributed by atoms with Crippen LogP contribution in [0.2, 0.25) is 0 Å². The van der Waals surface area contributed by atoms with Crippen LogP contribution in [-0.2, 0) is 0 Å². The quantitative estimate of drug-likeness (QED) is 0.0693. The molecule has 326 valence electrons. The van der Waals surface area contributed by atoms with Crippen LogP contribution in [0, 0.1) is 47.4 Å². The highest BCUT2D eigenvalue weighted by molar-refractivity contribution is 5.66. The van der Waals surface area contributed by atoms with Crippen molar-refractivity contribution in [1.29, 1.82) is 0 Å². The molecule has 0 saturated heterocycles. The van der Waals surface area contributed by atoms with Gasteiger partial charge in [-0.15, -0.1) is 0 Å². The second kappa shape index (κ2) is 28.2. The SMILES string of the molecule is CCCCCCCC[C@H]1CC[C@H](C#Cc2ccc(-c3ccc(OCC)cc3)cc2)CC1.CCCCCCC[C@H]1CC[C@H](C#Cc2ccc(-c3ccc(OCC)cc3)cc2)CC1. The van der Waals surface area contributed by atoms with Gasteiger partial charge in [-0.1, -0.05) is 170 Å². The van der Waals surface area contributed by atoms with Crippen LogP contribution in [0.3, 0.4) is 0 Å². The standard InChI is InChI=1S/C30H40O.C29H38O/c1-3-5-6-7-8-9-10-25-11-13-26(14-12-25)15-16-27-17-19-28(20-18-27)29-21-23-30(24-22-29)31-4-2;1-3-5-6-7-8-9-24-10-12-25(13-11-24)14-15-26-16-18-27(19-17-26)28-20-22-29(23-21-28)30-4-2/h17-26H,3-14H2,1-2H3;16-25H,3-13H2,1-2H3/t25-,26-;24-,25-. The molecule has 4 aromatic carbocycles. The number of rotatable bonds is 19. The van der Waals surface area contributed by atoms with Crippen molar-refractivity contribution in [2.45, 2.75) is 163 Å². The third-order valence-electron chi connectivity index (χ3n) is 13.0. The molecule has 61 heavy (non-hydrogen) atoms. The lowest BCUT2D eigenvalue weighted by Gasteiger charge is -2.25. The molecule has 2 nitrogen and oxygen atoms in total. The van der Waals surface area contributed by atoms with E-state index in [-0.39, 0.29) is 0 Å². The lowest BCUT2D eigenvalue weighted by atomic mass is 9.80. The molecule has 0 heterocycles. The van der Waals surface area contributed by atoms with Crippen molar-refractivity contribution in [3.05, 3.63) is 108 Å². The van der Waals surface area contributed by atoms with Gasteiger partial charge in [0.05, 0.1) is 13.2 Å². The molecule has 0 atom stereocenters. The van der Waals surface area contributed by atoms with Crippen LogP contribution >= 0.6 is 0 Å². The Labute approximate surface area is 373 Å². The van der Waals surface area contributed by atoms with Gasteiger partial charge in [-0.3, -0.25) is 0 Å². The summed E-state index contributed by atoms with van der Waals surface area (Å²) in [7, 11) is 0. The first-order valence-electron chi connectivity index (χ1n) is 24.8. The second-order valence-electron chi connectivity index (χ2n) is 17.8. The summed E-state index contributed by atoms with van der Waals surface area (Å²) >= 11 is 0. The van der Waals surface area contributed by atoms with Gasteiger partial charge >= 0.3 is 0 Å². The third kappa shape index (κ3) is 17.8. The van der Waals surface area contributed by atoms with E-state index >= 15 is 0 Å². The molecule has 2 aliphatic carbocycles. The second-order valence-corrected chi connectivity index (χ2v) is 17.8. The highest BCUT2D eigenvalue weighted by Gasteiger charge is 2.20. The van der Waals surface area contributed by atoms with E-state index < -0.39 is 0 Å². The van der Waals surface area contributed by atoms with Crippen molar-refractivity contribution in [3.8, 4) is 57.4 Å². The van der Waals surface area contributed by atoms with Gasteiger partial charge in [0.15, 0.2) is 0 Å². The molecule has 2 heteroatoms. The fraction of sp³-hybridized carbons (Fsp3) is 0.525. The van der Waals surface area contributed by atoms with Crippen molar-refractivity contribution in [2.75, 3.05) is 13.2 Å². The Morgan fingerprint density at radius 2 is 0.689 bits per heavy atom. The summed E-state index contributed by atoms with van der Waals surface area (Å²) in [6.45, 7) is 10.0. The highest BCUT2D eigenvalue weighted by Crippen LogP contribution is 2.33. The van der Waals surface area contributed by atoms with E-state index in [9.17, 15) is 0 Å². The van der Waals surface area contributed by atoms with Gasteiger partial charge < -0.3 is 9.47 Å². The molecule has 0 aliphatic heterocycles. The van der Waals surface area contributed by atoms with Crippen LogP contribution in [0.1, 0.15) is 174 Å². The molecular weight excluding hydrogens is 741 g/mol. The maximum Gasteiger partial charge on any atom is 0.119 e. The third-order valence-corrected chi connectivity index (χ3v) is 13.0. The molecule has 0 bridgehead atoms. The minimum absolute atomic E-state index is 0.589. The fourth-order valence-corrected chi connectivity index (χ4v) is 9.12. The van der Waals surface area contributed by atoms with Gasteiger partial charge in [-0.2, -0.15) is 0 Å². The molecule has 2 fully saturated rings. The summed E-state index contributed by atoms with van der Waals surface area (Å²) in [6.07, 6.45) is 29.1. The molecule has 0 N–H and O–H groups in total. The first-order chi connectivity index (χ1) is 30.1. The van der Waals surface area contributed by atoms with E-state index in [1.807, 2.05) is 38.1 Å². The van der Waals surface area contributed by atoms with E-state index in [1.54, 1.807) is 0 Å². The van der Waals surface area contributed by atoms with Gasteiger partial charge in [0.1, 0.15) is 11.5 Å². The van der Waals surface area contributed by atoms with Crippen molar-refractivity contribution in [3.63, 3.8) is 0 Å². The van der Waals surface area contributed by atoms with Gasteiger partial charge in [-0.05, 0) is 148 Å². The van der Waals surface area contributed by atoms with Crippen LogP contribution in [0.25, 0.3) is 22.3 Å². The number of hydrogen-bond donors (Lipinski definition) is 0. The molecule has 4 aromatic rings. The zero-order valence-corrected chi connectivity index (χ0v) is 38.6. The van der Waals surface area contributed by atoms with Crippen molar-refractivity contribution in [1.82, 2.24) is 0 Å². The number of ether oxygens (including phenoxy) is 2. The van der Waals surface area contributed by atoms with Gasteiger partial charge in [-0.25, -0.2) is 0 Å². The van der Waals surface area contributed by atoms with Crippen LogP contribution in [0.5, 0.6) is 11.5 Å². The van der Waals surface area contributed by atoms with E-state index in [2.05, 4.69) is 110 Å². The van der Waals surface area contributed by atoms with Gasteiger partial charge in [0.25, 0.3) is 0 Å². The summed E-state index contributed by atoms with van der Waals surface area (Å²) in [5.74, 6) is 18.9. The predicted molar refractivity (Wildman–Crippen MR) is 262 cm³/mol. The maximum absolute atomic E-state index is 5.53. The minimum Gasteiger partial charge on any atom is -0.494 e. The topological polar surface area (TPSA) is 18.5 Å². The average molecular weight is 819 g/mol. The van der Waals surface area contributed by atoms with Gasteiger partial charge in [0.2, 0.25) is 0 Å². The first-order valence-corrected chi connectivity index (χ1v) is 24.8. The van der Waals surface area contributed by atoms with Crippen LogP contribution < -0.4 is 9.47 Å². The Kier molecular flexibility index (Phi) is 22.1. The predicted octanol–water partition coefficient (Wildman–Crippen LogP) is 16.9. The van der Waals surface area contributed by atoms with Crippen molar-refractivity contribution < 1.29 is 9.47 Å². The summed E-state index contributed by atoms with van der Waals surface area (Å²) in [5, 5.41) is 0. The summed E-state index contributed by atoms with van der Waals surface area (Å²) in [5.41, 5.74) is 7.14. The molecule has 0 unspecified atom stereocenters. The fourth-order valence-electron chi connectivity index (χ4n) is 9.12. The molecule has 0 radical (unpaired) electrons. The minimum atomic E-state index is 0.589. The first kappa shape index (κ1) is 47.6. The molecule has 6 rings (SSSR count). The lowest BCUT2D eigenvalue weighted by Crippen LogP contribution is -2.13. The number of unbranched alkanes of at least 4 members (excludes halogenated alkanes) is 9. The molecule has 0 aromatic heterocycles. The smallest absolute Gasteiger partial charge is 0.119 e. The van der Waals surface area contributed by atoms with E-state index in [0.717, 1.165) is 34.5 Å². The van der Waals surface area contributed by atoms with Crippen LogP contribution in [-0.4, -0.2) is 13.2 Å². The largest absolute Gasteiger partial charge is 0.494 e. The van der Waals surface area contributed by atoms with Crippen LogP contribution in [0.15, 0.2) is 97.1 Å². The summed E-state index contributed by atoms with van der Waals surface area (Å²) < 4.78 is 11.1. The maximum atomic E-state index is 5.53. The Hall–Kier alpha value is -4.40. The Morgan fingerprint density at radius 3 is 1.02 bits per heavy atom. The average Bonchev–Trinajstić information content (AvgIpc) is 3.31. The molecule has 2 saturated carbocycles. The molecule has 0 spiro atoms. The van der Waals surface area contributed by atoms with Crippen molar-refractivity contribution in [2.24, 2.45) is 23.7 Å². The Bertz CT molecular complexity index is 1870. The molecular formula is C59H78O2. The van der Waals surface area contributed by atoms with E-state index in [1.165, 1.54) is 157 Å². The normalized spacial score (nSPS) is 18.4. The zero-order valence-electron chi connectivity index (χ0n) is 38.6. The lowest BCUT2D eigenvalue weighted by molar-refractivity contribution is 0.293. The Balaban J connectivity index is 0.000000231.